The molecule has 1 aromatic rings. The van der Waals surface area contributed by atoms with E-state index in [1.54, 1.807) is 17.9 Å². The Morgan fingerprint density at radius 2 is 1.88 bits per heavy atom. The summed E-state index contributed by atoms with van der Waals surface area (Å²) in [5.74, 6) is 0.116. The molecule has 0 radical (unpaired) electrons. The van der Waals surface area contributed by atoms with Crippen LogP contribution in [0.5, 0.6) is 5.75 Å². The largest absolute Gasteiger partial charge is 0.494 e. The van der Waals surface area contributed by atoms with Gasteiger partial charge in [-0.2, -0.15) is 0 Å². The Morgan fingerprint density at radius 1 is 1.21 bits per heavy atom. The van der Waals surface area contributed by atoms with Crippen molar-refractivity contribution < 1.29 is 19.1 Å². The van der Waals surface area contributed by atoms with Crippen molar-refractivity contribution in [2.75, 3.05) is 20.3 Å². The van der Waals surface area contributed by atoms with Crippen LogP contribution in [-0.4, -0.2) is 37.0 Å². The molecule has 0 spiro atoms. The number of esters is 1. The summed E-state index contributed by atoms with van der Waals surface area (Å²) < 4.78 is 10.3. The fourth-order valence-corrected chi connectivity index (χ4v) is 2.71. The molecule has 1 amide bonds. The molecule has 1 aliphatic rings. The second kappa shape index (κ2) is 7.81. The highest BCUT2D eigenvalue weighted by Crippen LogP contribution is 2.31. The molecule has 0 bridgehead atoms. The van der Waals surface area contributed by atoms with Crippen LogP contribution in [0.3, 0.4) is 0 Å². The molecular weight excluding hydrogens is 306 g/mol. The van der Waals surface area contributed by atoms with Gasteiger partial charge < -0.3 is 14.4 Å². The fourth-order valence-electron chi connectivity index (χ4n) is 2.71. The van der Waals surface area contributed by atoms with Crippen molar-refractivity contribution >= 4 is 18.0 Å². The van der Waals surface area contributed by atoms with Crippen LogP contribution in [0.2, 0.25) is 0 Å². The van der Waals surface area contributed by atoms with E-state index in [0.29, 0.717) is 30.0 Å². The van der Waals surface area contributed by atoms with Crippen molar-refractivity contribution in [2.24, 2.45) is 0 Å². The van der Waals surface area contributed by atoms with E-state index >= 15 is 0 Å². The highest BCUT2D eigenvalue weighted by molar-refractivity contribution is 6.16. The van der Waals surface area contributed by atoms with Crippen LogP contribution < -0.4 is 4.74 Å². The van der Waals surface area contributed by atoms with E-state index < -0.39 is 5.97 Å². The van der Waals surface area contributed by atoms with Crippen molar-refractivity contribution in [1.29, 1.82) is 0 Å². The molecule has 0 saturated carbocycles. The summed E-state index contributed by atoms with van der Waals surface area (Å²) in [6.45, 7) is 6.86. The van der Waals surface area contributed by atoms with Crippen LogP contribution in [0.1, 0.15) is 32.8 Å². The first-order valence-electron chi connectivity index (χ1n) is 8.09. The normalized spacial score (nSPS) is 16.1. The lowest BCUT2D eigenvalue weighted by Gasteiger charge is -2.16. The van der Waals surface area contributed by atoms with Crippen LogP contribution in [0.4, 0.5) is 0 Å². The van der Waals surface area contributed by atoms with Crippen LogP contribution in [0, 0.1) is 0 Å². The molecule has 0 atom stereocenters. The average molecular weight is 329 g/mol. The highest BCUT2D eigenvalue weighted by Gasteiger charge is 2.36. The second-order valence-electron chi connectivity index (χ2n) is 5.47. The van der Waals surface area contributed by atoms with Crippen LogP contribution in [-0.2, 0) is 14.3 Å². The number of hydrogen-bond donors (Lipinski definition) is 0. The number of hydrogen-bond acceptors (Lipinski definition) is 4. The molecule has 5 heteroatoms. The summed E-state index contributed by atoms with van der Waals surface area (Å²) in [5, 5.41) is 0. The molecular formula is C19H23NO4. The predicted molar refractivity (Wildman–Crippen MR) is 92.3 cm³/mol. The summed E-state index contributed by atoms with van der Waals surface area (Å²) >= 11 is 0. The van der Waals surface area contributed by atoms with Gasteiger partial charge >= 0.3 is 5.97 Å². The maximum atomic E-state index is 12.7. The minimum absolute atomic E-state index is 0.163. The summed E-state index contributed by atoms with van der Waals surface area (Å²) in [6, 6.07) is 7.40. The standard InChI is InChI=1S/C19H23NO4/c1-5-11-20-13(3)17(19(22)23-4)16(18(20)21)12-14-7-9-15(10-8-14)24-6-2/h7-10,12H,5-6,11H2,1-4H3/b16-12-. The SMILES string of the molecule is CCCN1C(=O)/C(=C\c2ccc(OCC)cc2)C(C(=O)OC)=C1C. The zero-order valence-corrected chi connectivity index (χ0v) is 14.6. The number of benzene rings is 1. The number of amides is 1. The maximum absolute atomic E-state index is 12.7. The molecule has 5 nitrogen and oxygen atoms in total. The van der Waals surface area contributed by atoms with Gasteiger partial charge in [-0.05, 0) is 44.0 Å². The lowest BCUT2D eigenvalue weighted by atomic mass is 10.0. The zero-order valence-electron chi connectivity index (χ0n) is 14.6. The van der Waals surface area contributed by atoms with Gasteiger partial charge in [0.15, 0.2) is 0 Å². The van der Waals surface area contributed by atoms with E-state index in [-0.39, 0.29) is 5.91 Å². The van der Waals surface area contributed by atoms with Gasteiger partial charge in [-0.25, -0.2) is 4.79 Å². The van der Waals surface area contributed by atoms with Gasteiger partial charge in [0.25, 0.3) is 5.91 Å². The first kappa shape index (κ1) is 17.8. The van der Waals surface area contributed by atoms with Crippen LogP contribution >= 0.6 is 0 Å². The minimum Gasteiger partial charge on any atom is -0.494 e. The number of allylic oxidation sites excluding steroid dienone is 1. The van der Waals surface area contributed by atoms with Crippen molar-refractivity contribution in [1.82, 2.24) is 4.90 Å². The summed E-state index contributed by atoms with van der Waals surface area (Å²) in [7, 11) is 1.32. The van der Waals surface area contributed by atoms with Gasteiger partial charge in [0.2, 0.25) is 0 Å². The van der Waals surface area contributed by atoms with Crippen molar-refractivity contribution in [2.45, 2.75) is 27.2 Å². The van der Waals surface area contributed by atoms with Crippen molar-refractivity contribution in [3.8, 4) is 5.75 Å². The van der Waals surface area contributed by atoms with Crippen LogP contribution in [0.25, 0.3) is 6.08 Å². The van der Waals surface area contributed by atoms with Gasteiger partial charge in [0, 0.05) is 12.2 Å². The predicted octanol–water partition coefficient (Wildman–Crippen LogP) is 3.17. The summed E-state index contributed by atoms with van der Waals surface area (Å²) in [4.78, 5) is 26.5. The lowest BCUT2D eigenvalue weighted by molar-refractivity contribution is -0.136. The maximum Gasteiger partial charge on any atom is 0.340 e. The van der Waals surface area contributed by atoms with E-state index in [0.717, 1.165) is 17.7 Å². The molecule has 0 aromatic heterocycles. The average Bonchev–Trinajstić information content (AvgIpc) is 2.81. The first-order chi connectivity index (χ1) is 11.5. The Kier molecular flexibility index (Phi) is 5.79. The zero-order chi connectivity index (χ0) is 17.7. The second-order valence-corrected chi connectivity index (χ2v) is 5.47. The molecule has 0 aliphatic carbocycles. The molecule has 2 rings (SSSR count). The quantitative estimate of drug-likeness (QED) is 0.594. The van der Waals surface area contributed by atoms with Crippen LogP contribution in [0.15, 0.2) is 41.1 Å². The molecule has 1 aliphatic heterocycles. The Labute approximate surface area is 142 Å². The third-order valence-electron chi connectivity index (χ3n) is 3.85. The molecule has 0 saturated heterocycles. The van der Waals surface area contributed by atoms with E-state index in [1.165, 1.54) is 7.11 Å². The monoisotopic (exact) mass is 329 g/mol. The molecule has 0 unspecified atom stereocenters. The summed E-state index contributed by atoms with van der Waals surface area (Å²) in [5.41, 5.74) is 2.18. The number of nitrogens with zero attached hydrogens (tertiary/aromatic N) is 1. The Balaban J connectivity index is 2.41. The molecule has 1 heterocycles. The molecule has 0 N–H and O–H groups in total. The summed E-state index contributed by atoms with van der Waals surface area (Å²) in [6.07, 6.45) is 2.54. The van der Waals surface area contributed by atoms with Gasteiger partial charge in [0.1, 0.15) is 5.75 Å². The lowest BCUT2D eigenvalue weighted by Crippen LogP contribution is -2.25. The number of rotatable bonds is 6. The highest BCUT2D eigenvalue weighted by atomic mass is 16.5. The Morgan fingerprint density at radius 3 is 2.42 bits per heavy atom. The third-order valence-corrected chi connectivity index (χ3v) is 3.85. The molecule has 0 fully saturated rings. The molecule has 128 valence electrons. The number of carbonyl (C=O) groups is 2. The van der Waals surface area contributed by atoms with Crippen molar-refractivity contribution in [3.63, 3.8) is 0 Å². The Hall–Kier alpha value is -2.56. The third kappa shape index (κ3) is 3.50. The smallest absolute Gasteiger partial charge is 0.340 e. The van der Waals surface area contributed by atoms with E-state index in [1.807, 2.05) is 38.1 Å². The minimum atomic E-state index is -0.489. The fraction of sp³-hybridized carbons (Fsp3) is 0.368. The van der Waals surface area contributed by atoms with E-state index in [9.17, 15) is 9.59 Å². The van der Waals surface area contributed by atoms with E-state index in [2.05, 4.69) is 0 Å². The van der Waals surface area contributed by atoms with Crippen molar-refractivity contribution in [3.05, 3.63) is 46.7 Å². The Bertz CT molecular complexity index is 686. The first-order valence-corrected chi connectivity index (χ1v) is 8.09. The van der Waals surface area contributed by atoms with Gasteiger partial charge in [-0.15, -0.1) is 0 Å². The van der Waals surface area contributed by atoms with E-state index in [4.69, 9.17) is 9.47 Å². The number of methoxy groups -OCH3 is 1. The van der Waals surface area contributed by atoms with Gasteiger partial charge in [-0.1, -0.05) is 19.1 Å². The van der Waals surface area contributed by atoms with Gasteiger partial charge in [-0.3, -0.25) is 4.79 Å². The van der Waals surface area contributed by atoms with Gasteiger partial charge in [0.05, 0.1) is 24.9 Å². The molecule has 1 aromatic carbocycles. The molecule has 24 heavy (non-hydrogen) atoms. The number of ether oxygens (including phenoxy) is 2. The number of carbonyl (C=O) groups excluding carboxylic acids is 2. The topological polar surface area (TPSA) is 55.8 Å².